The van der Waals surface area contributed by atoms with Crippen molar-refractivity contribution in [1.29, 1.82) is 0 Å². The van der Waals surface area contributed by atoms with Crippen LogP contribution in [0, 0.1) is 48.8 Å². The fourth-order valence-electron chi connectivity index (χ4n) is 8.36. The highest BCUT2D eigenvalue weighted by molar-refractivity contribution is 5.94. The molecule has 0 aromatic carbocycles. The molecule has 4 aliphatic rings. The number of ketones is 2. The van der Waals surface area contributed by atoms with Gasteiger partial charge in [0.15, 0.2) is 18.0 Å². The third-order valence-corrected chi connectivity index (χ3v) is 10.4. The standard InChI is InChI=1S/C31H42N2O15/c1-29-9-7-21(34)16-20(29)5-6-22-23-8-10-31(30(23,2)17-24(35)28(22)29,48-26(37)4-3-11-46-32(39)40)25(36)18-45-27(38)19-44-13-12-43-14-15-47-33(41)42/h5,7,9,22-24,28,35H,3-4,6,8,10-19H2,1-2H3/t22?,23?,24-,28+,29-,30-,31-/m0/s1. The van der Waals surface area contributed by atoms with Crippen LogP contribution in [0.5, 0.6) is 0 Å². The summed E-state index contributed by atoms with van der Waals surface area (Å²) in [5.74, 6) is -2.80. The first-order valence-electron chi connectivity index (χ1n) is 15.9. The molecule has 4 aliphatic carbocycles. The maximum absolute atomic E-state index is 14.1. The van der Waals surface area contributed by atoms with Crippen LogP contribution < -0.4 is 0 Å². The van der Waals surface area contributed by atoms with Crippen molar-refractivity contribution in [2.24, 2.45) is 28.6 Å². The predicted octanol–water partition coefficient (Wildman–Crippen LogP) is 1.89. The van der Waals surface area contributed by atoms with E-state index in [4.69, 9.17) is 18.9 Å². The summed E-state index contributed by atoms with van der Waals surface area (Å²) in [5.41, 5.74) is -2.39. The number of rotatable bonds is 18. The van der Waals surface area contributed by atoms with Crippen LogP contribution in [0.3, 0.4) is 0 Å². The van der Waals surface area contributed by atoms with Crippen molar-refractivity contribution in [3.63, 3.8) is 0 Å². The van der Waals surface area contributed by atoms with Gasteiger partial charge in [-0.2, -0.15) is 0 Å². The van der Waals surface area contributed by atoms with Gasteiger partial charge in [-0.05, 0) is 50.0 Å². The molecule has 4 rings (SSSR count). The van der Waals surface area contributed by atoms with Crippen molar-refractivity contribution in [1.82, 2.24) is 0 Å². The zero-order valence-corrected chi connectivity index (χ0v) is 27.0. The number of fused-ring (bicyclic) bond motifs is 5. The number of carbonyl (C=O) groups excluding carboxylic acids is 4. The molecule has 0 aromatic heterocycles. The van der Waals surface area contributed by atoms with E-state index in [0.29, 0.717) is 12.8 Å². The number of allylic oxidation sites excluding steroid dienone is 4. The summed E-state index contributed by atoms with van der Waals surface area (Å²) in [6.45, 7) is 1.90. The molecule has 48 heavy (non-hydrogen) atoms. The third kappa shape index (κ3) is 7.84. The van der Waals surface area contributed by atoms with Crippen molar-refractivity contribution in [3.05, 3.63) is 44.0 Å². The summed E-state index contributed by atoms with van der Waals surface area (Å²) in [6.07, 6.45) is 5.84. The third-order valence-electron chi connectivity index (χ3n) is 10.4. The van der Waals surface area contributed by atoms with Gasteiger partial charge in [0.2, 0.25) is 5.78 Å². The van der Waals surface area contributed by atoms with E-state index < -0.39 is 63.6 Å². The van der Waals surface area contributed by atoms with E-state index in [1.807, 2.05) is 19.9 Å². The van der Waals surface area contributed by atoms with Crippen LogP contribution in [-0.2, 0) is 47.8 Å². The summed E-state index contributed by atoms with van der Waals surface area (Å²) < 4.78 is 21.5. The number of nitrogens with zero attached hydrogens (tertiary/aromatic N) is 2. The zero-order chi connectivity index (χ0) is 35.1. The highest BCUT2D eigenvalue weighted by Crippen LogP contribution is 2.67. The molecule has 2 saturated carbocycles. The van der Waals surface area contributed by atoms with Crippen molar-refractivity contribution in [2.45, 2.75) is 70.5 Å². The van der Waals surface area contributed by atoms with Gasteiger partial charge in [0, 0.05) is 29.6 Å². The smallest absolute Gasteiger partial charge is 0.332 e. The van der Waals surface area contributed by atoms with Gasteiger partial charge in [0.1, 0.15) is 13.2 Å². The number of aliphatic hydroxyl groups is 1. The Morgan fingerprint density at radius 1 is 0.979 bits per heavy atom. The highest BCUT2D eigenvalue weighted by Gasteiger charge is 2.70. The number of aliphatic hydroxyl groups excluding tert-OH is 1. The molecule has 0 amide bonds. The van der Waals surface area contributed by atoms with Gasteiger partial charge in [0.05, 0.1) is 32.5 Å². The molecule has 0 saturated heterocycles. The van der Waals surface area contributed by atoms with Crippen LogP contribution in [0.1, 0.15) is 58.8 Å². The summed E-state index contributed by atoms with van der Waals surface area (Å²) in [5, 5.41) is 30.5. The van der Waals surface area contributed by atoms with Gasteiger partial charge >= 0.3 is 11.9 Å². The Bertz CT molecular complexity index is 1330. The Morgan fingerprint density at radius 2 is 1.67 bits per heavy atom. The van der Waals surface area contributed by atoms with Gasteiger partial charge in [-0.3, -0.25) is 14.4 Å². The fourth-order valence-corrected chi connectivity index (χ4v) is 8.36. The fraction of sp³-hybridized carbons (Fsp3) is 0.742. The van der Waals surface area contributed by atoms with E-state index in [1.165, 1.54) is 0 Å². The van der Waals surface area contributed by atoms with Gasteiger partial charge in [-0.15, -0.1) is 20.2 Å². The highest BCUT2D eigenvalue weighted by atomic mass is 17.0. The van der Waals surface area contributed by atoms with Crippen molar-refractivity contribution < 1.29 is 63.1 Å². The second kappa shape index (κ2) is 15.5. The molecule has 1 N–H and O–H groups in total. The quantitative estimate of drug-likeness (QED) is 0.0715. The van der Waals surface area contributed by atoms with Crippen LogP contribution in [0.25, 0.3) is 0 Å². The van der Waals surface area contributed by atoms with Crippen molar-refractivity contribution >= 4 is 23.5 Å². The van der Waals surface area contributed by atoms with Crippen molar-refractivity contribution in [2.75, 3.05) is 46.2 Å². The Morgan fingerprint density at radius 3 is 2.40 bits per heavy atom. The number of hydrogen-bond acceptors (Lipinski definition) is 15. The minimum atomic E-state index is -1.76. The zero-order valence-electron chi connectivity index (χ0n) is 27.0. The molecule has 0 spiro atoms. The minimum absolute atomic E-state index is 0.00176. The second-order valence-electron chi connectivity index (χ2n) is 13.0. The molecule has 266 valence electrons. The number of carbonyl (C=O) groups is 4. The number of esters is 2. The summed E-state index contributed by atoms with van der Waals surface area (Å²) >= 11 is 0. The van der Waals surface area contributed by atoms with E-state index in [1.54, 1.807) is 6.08 Å². The Kier molecular flexibility index (Phi) is 11.9. The lowest BCUT2D eigenvalue weighted by Crippen LogP contribution is -2.63. The number of ether oxygens (including phenoxy) is 4. The van der Waals surface area contributed by atoms with E-state index >= 15 is 0 Å². The van der Waals surface area contributed by atoms with Gasteiger partial charge < -0.3 is 33.7 Å². The summed E-state index contributed by atoms with van der Waals surface area (Å²) in [7, 11) is 0. The van der Waals surface area contributed by atoms with Crippen LogP contribution in [0.15, 0.2) is 23.8 Å². The average Bonchev–Trinajstić information content (AvgIpc) is 3.31. The Balaban J connectivity index is 1.45. The predicted molar refractivity (Wildman–Crippen MR) is 160 cm³/mol. The minimum Gasteiger partial charge on any atom is -0.456 e. The van der Waals surface area contributed by atoms with Crippen LogP contribution in [-0.4, -0.2) is 96.7 Å². The first-order valence-corrected chi connectivity index (χ1v) is 15.9. The first kappa shape index (κ1) is 36.9. The summed E-state index contributed by atoms with van der Waals surface area (Å²) in [6, 6.07) is 0. The second-order valence-corrected chi connectivity index (χ2v) is 13.0. The Labute approximate surface area is 276 Å². The first-order chi connectivity index (χ1) is 22.7. The van der Waals surface area contributed by atoms with Crippen LogP contribution >= 0.6 is 0 Å². The van der Waals surface area contributed by atoms with Gasteiger partial charge in [-0.25, -0.2) is 4.79 Å². The molecule has 17 nitrogen and oxygen atoms in total. The lowest BCUT2D eigenvalue weighted by molar-refractivity contribution is -0.758. The van der Waals surface area contributed by atoms with E-state index in [0.717, 1.165) is 5.57 Å². The molecular formula is C31H42N2O15. The van der Waals surface area contributed by atoms with Crippen LogP contribution in [0.4, 0.5) is 0 Å². The van der Waals surface area contributed by atoms with Crippen molar-refractivity contribution in [3.8, 4) is 0 Å². The lowest BCUT2D eigenvalue weighted by atomic mass is 9.47. The number of Topliss-reactive ketones (excluding diaryl/α,β-unsaturated/α-hetero) is 1. The molecule has 2 fully saturated rings. The molecule has 0 aliphatic heterocycles. The normalized spacial score (nSPS) is 31.8. The lowest BCUT2D eigenvalue weighted by Gasteiger charge is -2.59. The monoisotopic (exact) mass is 682 g/mol. The topological polar surface area (TPSA) is 230 Å². The molecule has 17 heteroatoms. The van der Waals surface area contributed by atoms with E-state index in [-0.39, 0.29) is 88.7 Å². The van der Waals surface area contributed by atoms with E-state index in [2.05, 4.69) is 15.8 Å². The molecule has 0 radical (unpaired) electrons. The molecule has 7 atom stereocenters. The number of hydrogen-bond donors (Lipinski definition) is 1. The van der Waals surface area contributed by atoms with Gasteiger partial charge in [0.25, 0.3) is 10.2 Å². The molecule has 0 aromatic rings. The molecule has 0 bridgehead atoms. The summed E-state index contributed by atoms with van der Waals surface area (Å²) in [4.78, 5) is 80.9. The maximum Gasteiger partial charge on any atom is 0.332 e. The maximum atomic E-state index is 14.1. The SMILES string of the molecule is C[C@]12C=CC(=O)CC1=CCC1C3CC[C@](OC(=O)CCCO[N+](=O)[O-])(C(=O)COC(=O)COCCOCCO[N+](=O)[O-])[C@@]3(C)C[C@H](O)[C@@H]12. The largest absolute Gasteiger partial charge is 0.456 e. The van der Waals surface area contributed by atoms with E-state index in [9.17, 15) is 44.5 Å². The Hall–Kier alpha value is -3.96. The molecular weight excluding hydrogens is 640 g/mol. The molecule has 0 heterocycles. The van der Waals surface area contributed by atoms with Crippen LogP contribution in [0.2, 0.25) is 0 Å². The average molecular weight is 683 g/mol. The van der Waals surface area contributed by atoms with Gasteiger partial charge in [-0.1, -0.05) is 31.6 Å². The molecule has 2 unspecified atom stereocenters.